The number of pyridine rings is 1. The van der Waals surface area contributed by atoms with E-state index in [-0.39, 0.29) is 5.91 Å². The maximum absolute atomic E-state index is 11.6. The number of hydrogen-bond donors (Lipinski definition) is 2. The zero-order valence-electron chi connectivity index (χ0n) is 11.5. The lowest BCUT2D eigenvalue weighted by Gasteiger charge is -2.03. The number of nitrogens with one attached hydrogen (secondary N) is 2. The van der Waals surface area contributed by atoms with Gasteiger partial charge in [-0.1, -0.05) is 0 Å². The summed E-state index contributed by atoms with van der Waals surface area (Å²) in [4.78, 5) is 15.5. The Kier molecular flexibility index (Phi) is 5.25. The Labute approximate surface area is 118 Å². The van der Waals surface area contributed by atoms with Crippen molar-refractivity contribution in [1.29, 1.82) is 0 Å². The fourth-order valence-corrected chi connectivity index (χ4v) is 1.79. The third-order valence-corrected chi connectivity index (χ3v) is 2.89. The molecule has 0 aliphatic carbocycles. The SMILES string of the molecule is CNCCC(=O)Nc1ccn(CCc2ccncc2)n1. The molecule has 2 aromatic heterocycles. The van der Waals surface area contributed by atoms with Gasteiger partial charge in [-0.2, -0.15) is 5.10 Å². The summed E-state index contributed by atoms with van der Waals surface area (Å²) in [6.45, 7) is 1.44. The molecule has 0 aromatic carbocycles. The van der Waals surface area contributed by atoms with E-state index >= 15 is 0 Å². The molecule has 0 aliphatic rings. The fraction of sp³-hybridized carbons (Fsp3) is 0.357. The highest BCUT2D eigenvalue weighted by molar-refractivity contribution is 5.89. The molecule has 1 amide bonds. The van der Waals surface area contributed by atoms with E-state index in [1.807, 2.05) is 36.1 Å². The summed E-state index contributed by atoms with van der Waals surface area (Å²) in [6.07, 6.45) is 6.77. The summed E-state index contributed by atoms with van der Waals surface area (Å²) < 4.78 is 1.83. The molecule has 2 heterocycles. The lowest BCUT2D eigenvalue weighted by atomic mass is 10.2. The highest BCUT2D eigenvalue weighted by Gasteiger charge is 2.04. The molecule has 0 spiro atoms. The molecule has 0 aliphatic heterocycles. The smallest absolute Gasteiger partial charge is 0.226 e. The van der Waals surface area contributed by atoms with Crippen LogP contribution in [0, 0.1) is 0 Å². The molecule has 2 aromatic rings. The summed E-state index contributed by atoms with van der Waals surface area (Å²) in [5.41, 5.74) is 1.22. The highest BCUT2D eigenvalue weighted by atomic mass is 16.1. The molecule has 0 unspecified atom stereocenters. The molecule has 0 saturated heterocycles. The second kappa shape index (κ2) is 7.40. The molecule has 2 N–H and O–H groups in total. The second-order valence-corrected chi connectivity index (χ2v) is 4.47. The van der Waals surface area contributed by atoms with Crippen molar-refractivity contribution in [3.63, 3.8) is 0 Å². The topological polar surface area (TPSA) is 71.8 Å². The van der Waals surface area contributed by atoms with Gasteiger partial charge in [-0.05, 0) is 31.2 Å². The predicted octanol–water partition coefficient (Wildman–Crippen LogP) is 1.07. The summed E-state index contributed by atoms with van der Waals surface area (Å²) in [5, 5.41) is 10.0. The maximum atomic E-state index is 11.6. The van der Waals surface area contributed by atoms with Crippen molar-refractivity contribution in [1.82, 2.24) is 20.1 Å². The van der Waals surface area contributed by atoms with Crippen molar-refractivity contribution >= 4 is 11.7 Å². The molecular weight excluding hydrogens is 254 g/mol. The van der Waals surface area contributed by atoms with Crippen molar-refractivity contribution in [3.8, 4) is 0 Å². The van der Waals surface area contributed by atoms with Crippen molar-refractivity contribution < 1.29 is 4.79 Å². The van der Waals surface area contributed by atoms with Gasteiger partial charge < -0.3 is 10.6 Å². The Morgan fingerprint density at radius 2 is 2.10 bits per heavy atom. The molecule has 6 heteroatoms. The van der Waals surface area contributed by atoms with E-state index in [1.165, 1.54) is 5.56 Å². The van der Waals surface area contributed by atoms with Crippen LogP contribution in [0.2, 0.25) is 0 Å². The van der Waals surface area contributed by atoms with Gasteiger partial charge in [-0.15, -0.1) is 0 Å². The van der Waals surface area contributed by atoms with Crippen molar-refractivity contribution in [2.24, 2.45) is 0 Å². The van der Waals surface area contributed by atoms with E-state index in [4.69, 9.17) is 0 Å². The van der Waals surface area contributed by atoms with Crippen molar-refractivity contribution in [2.75, 3.05) is 18.9 Å². The van der Waals surface area contributed by atoms with Gasteiger partial charge in [0.1, 0.15) is 0 Å². The minimum Gasteiger partial charge on any atom is -0.319 e. The van der Waals surface area contributed by atoms with E-state index in [1.54, 1.807) is 12.4 Å². The fourth-order valence-electron chi connectivity index (χ4n) is 1.79. The van der Waals surface area contributed by atoms with Crippen LogP contribution in [0.25, 0.3) is 0 Å². The molecule has 0 radical (unpaired) electrons. The monoisotopic (exact) mass is 273 g/mol. The van der Waals surface area contributed by atoms with Gasteiger partial charge >= 0.3 is 0 Å². The van der Waals surface area contributed by atoms with Crippen LogP contribution in [0.15, 0.2) is 36.8 Å². The van der Waals surface area contributed by atoms with Crippen molar-refractivity contribution in [2.45, 2.75) is 19.4 Å². The van der Waals surface area contributed by atoms with Crippen LogP contribution in [0.4, 0.5) is 5.82 Å². The first kappa shape index (κ1) is 14.2. The number of aryl methyl sites for hydroxylation is 2. The lowest BCUT2D eigenvalue weighted by molar-refractivity contribution is -0.116. The van der Waals surface area contributed by atoms with Crippen LogP contribution in [-0.4, -0.2) is 34.3 Å². The summed E-state index contributed by atoms with van der Waals surface area (Å²) in [6, 6.07) is 5.79. The summed E-state index contributed by atoms with van der Waals surface area (Å²) in [5.74, 6) is 0.569. The first-order chi connectivity index (χ1) is 9.78. The van der Waals surface area contributed by atoms with Gasteiger partial charge in [0.05, 0.1) is 0 Å². The molecular formula is C14H19N5O. The number of aromatic nitrogens is 3. The van der Waals surface area contributed by atoms with Crippen LogP contribution in [0.3, 0.4) is 0 Å². The van der Waals surface area contributed by atoms with Crippen LogP contribution in [0.5, 0.6) is 0 Å². The first-order valence-corrected chi connectivity index (χ1v) is 6.65. The van der Waals surface area contributed by atoms with E-state index in [9.17, 15) is 4.79 Å². The summed E-state index contributed by atoms with van der Waals surface area (Å²) in [7, 11) is 1.82. The normalized spacial score (nSPS) is 10.4. The Hall–Kier alpha value is -2.21. The molecule has 6 nitrogen and oxygen atoms in total. The van der Waals surface area contributed by atoms with Crippen LogP contribution < -0.4 is 10.6 Å². The lowest BCUT2D eigenvalue weighted by Crippen LogP contribution is -2.19. The Balaban J connectivity index is 1.81. The molecule has 0 atom stereocenters. The predicted molar refractivity (Wildman–Crippen MR) is 77.3 cm³/mol. The van der Waals surface area contributed by atoms with Gasteiger partial charge in [0.2, 0.25) is 5.91 Å². The van der Waals surface area contributed by atoms with E-state index in [0.717, 1.165) is 13.0 Å². The van der Waals surface area contributed by atoms with Crippen LogP contribution in [0.1, 0.15) is 12.0 Å². The molecule has 20 heavy (non-hydrogen) atoms. The number of anilines is 1. The zero-order chi connectivity index (χ0) is 14.2. The summed E-state index contributed by atoms with van der Waals surface area (Å²) >= 11 is 0. The van der Waals surface area contributed by atoms with Crippen molar-refractivity contribution in [3.05, 3.63) is 42.4 Å². The van der Waals surface area contributed by atoms with E-state index < -0.39 is 0 Å². The Morgan fingerprint density at radius 3 is 2.85 bits per heavy atom. The van der Waals surface area contributed by atoms with Gasteiger partial charge in [0.15, 0.2) is 5.82 Å². The molecule has 106 valence electrons. The van der Waals surface area contributed by atoms with E-state index in [0.29, 0.717) is 18.8 Å². The number of carbonyl (C=O) groups is 1. The minimum absolute atomic E-state index is 0.0290. The molecule has 0 saturated carbocycles. The van der Waals surface area contributed by atoms with Crippen LogP contribution >= 0.6 is 0 Å². The number of amides is 1. The van der Waals surface area contributed by atoms with Gasteiger partial charge in [0, 0.05) is 44.2 Å². The number of rotatable bonds is 7. The van der Waals surface area contributed by atoms with Crippen LogP contribution in [-0.2, 0) is 17.8 Å². The third-order valence-electron chi connectivity index (χ3n) is 2.89. The number of hydrogen-bond acceptors (Lipinski definition) is 4. The van der Waals surface area contributed by atoms with Gasteiger partial charge in [-0.25, -0.2) is 0 Å². The standard InChI is InChI=1S/C14H19N5O/c1-15-7-4-14(20)17-13-6-11-19(18-13)10-5-12-2-8-16-9-3-12/h2-3,6,8-9,11,15H,4-5,7,10H2,1H3,(H,17,18,20). The minimum atomic E-state index is -0.0290. The number of carbonyl (C=O) groups excluding carboxylic acids is 1. The Bertz CT molecular complexity index is 538. The Morgan fingerprint density at radius 1 is 1.30 bits per heavy atom. The molecule has 0 bridgehead atoms. The van der Waals surface area contributed by atoms with E-state index in [2.05, 4.69) is 20.7 Å². The second-order valence-electron chi connectivity index (χ2n) is 4.47. The largest absolute Gasteiger partial charge is 0.319 e. The quantitative estimate of drug-likeness (QED) is 0.791. The maximum Gasteiger partial charge on any atom is 0.226 e. The van der Waals surface area contributed by atoms with Gasteiger partial charge in [-0.3, -0.25) is 14.5 Å². The third kappa shape index (κ3) is 4.47. The number of nitrogens with zero attached hydrogens (tertiary/aromatic N) is 3. The highest BCUT2D eigenvalue weighted by Crippen LogP contribution is 2.05. The van der Waals surface area contributed by atoms with Gasteiger partial charge in [0.25, 0.3) is 0 Å². The zero-order valence-corrected chi connectivity index (χ0v) is 11.5. The molecule has 2 rings (SSSR count). The average molecular weight is 273 g/mol. The first-order valence-electron chi connectivity index (χ1n) is 6.65. The molecule has 0 fully saturated rings. The average Bonchev–Trinajstić information content (AvgIpc) is 2.91.